The molecule has 42 heavy (non-hydrogen) atoms. The lowest BCUT2D eigenvalue weighted by atomic mass is 9.70. The van der Waals surface area contributed by atoms with Crippen molar-refractivity contribution in [1.29, 1.82) is 0 Å². The number of carbonyl (C=O) groups is 1. The number of carbonyl (C=O) groups excluding carboxylic acids is 1. The van der Waals surface area contributed by atoms with Crippen LogP contribution >= 0.6 is 0 Å². The fraction of sp³-hybridized carbons (Fsp3) is 0.135. The monoisotopic (exact) mass is 545 g/mol. The Kier molecular flexibility index (Phi) is 4.80. The molecule has 3 aliphatic carbocycles. The highest BCUT2D eigenvalue weighted by molar-refractivity contribution is 6.34. The summed E-state index contributed by atoms with van der Waals surface area (Å²) in [5.74, 6) is 0.745. The van der Waals surface area contributed by atoms with Gasteiger partial charge in [0.1, 0.15) is 5.52 Å². The van der Waals surface area contributed by atoms with E-state index in [-0.39, 0.29) is 11.8 Å². The molecule has 3 aliphatic rings. The smallest absolute Gasteiger partial charge is 0.252 e. The number of nitrogens with two attached hydrogens (primary N) is 1. The van der Waals surface area contributed by atoms with E-state index < -0.39 is 0 Å². The number of nitrogens with one attached hydrogen (secondary N) is 1. The molecule has 0 radical (unpaired) electrons. The molecular weight excluding hydrogens is 518 g/mol. The third-order valence-corrected chi connectivity index (χ3v) is 9.34. The number of pyridine rings is 1. The topological polar surface area (TPSA) is 77.2 Å². The standard InChI is InChI=1S/C37H27N3O2/c1-42-36-26-15-12-22-7-3-6-21-10-13-24(31(26)29(21)22)32-33(37(41)39-17-16-38)27-18-23-9-8-19-4-2-5-20-11-14-25(30(23)28(19)20)34(27)40-35(32)36/h2-8,10-15,18,28H,9,16-17,38H2,1H3,(H,39,41). The molecule has 1 atom stereocenters. The molecule has 0 fully saturated rings. The first kappa shape index (κ1) is 23.7. The second-order valence-electron chi connectivity index (χ2n) is 11.4. The van der Waals surface area contributed by atoms with Crippen molar-refractivity contribution in [2.75, 3.05) is 20.2 Å². The van der Waals surface area contributed by atoms with E-state index in [0.717, 1.165) is 55.2 Å². The molecule has 0 saturated carbocycles. The number of hydrogen-bond donors (Lipinski definition) is 2. The van der Waals surface area contributed by atoms with Gasteiger partial charge in [0.05, 0.1) is 18.2 Å². The van der Waals surface area contributed by atoms with Crippen LogP contribution < -0.4 is 15.8 Å². The van der Waals surface area contributed by atoms with Crippen LogP contribution in [0, 0.1) is 0 Å². The largest absolute Gasteiger partial charge is 0.494 e. The van der Waals surface area contributed by atoms with E-state index in [1.54, 1.807) is 7.11 Å². The Labute approximate surface area is 242 Å². The fourth-order valence-electron chi connectivity index (χ4n) is 7.66. The zero-order valence-corrected chi connectivity index (χ0v) is 23.1. The van der Waals surface area contributed by atoms with Gasteiger partial charge in [0.15, 0.2) is 5.75 Å². The molecular formula is C37H27N3O2. The van der Waals surface area contributed by atoms with Gasteiger partial charge < -0.3 is 15.8 Å². The molecule has 0 saturated heterocycles. The van der Waals surface area contributed by atoms with Crippen molar-refractivity contribution in [3.05, 3.63) is 112 Å². The van der Waals surface area contributed by atoms with Crippen LogP contribution in [-0.2, 0) is 6.42 Å². The van der Waals surface area contributed by atoms with Crippen LogP contribution in [-0.4, -0.2) is 31.1 Å². The minimum absolute atomic E-state index is 0.143. The van der Waals surface area contributed by atoms with Crippen molar-refractivity contribution < 1.29 is 9.53 Å². The van der Waals surface area contributed by atoms with Crippen LogP contribution in [0.2, 0.25) is 0 Å². The molecule has 9 rings (SSSR count). The second kappa shape index (κ2) is 8.51. The summed E-state index contributed by atoms with van der Waals surface area (Å²) in [5.41, 5.74) is 14.3. The van der Waals surface area contributed by atoms with Crippen LogP contribution in [0.4, 0.5) is 0 Å². The van der Waals surface area contributed by atoms with Crippen LogP contribution in [0.5, 0.6) is 5.75 Å². The minimum Gasteiger partial charge on any atom is -0.494 e. The molecule has 6 aromatic rings. The van der Waals surface area contributed by atoms with Gasteiger partial charge in [-0.2, -0.15) is 0 Å². The van der Waals surface area contributed by atoms with Gasteiger partial charge in [0.25, 0.3) is 5.91 Å². The van der Waals surface area contributed by atoms with Crippen molar-refractivity contribution in [2.24, 2.45) is 5.73 Å². The van der Waals surface area contributed by atoms with Gasteiger partial charge in [-0.1, -0.05) is 72.9 Å². The lowest BCUT2D eigenvalue weighted by molar-refractivity contribution is 0.0958. The number of amides is 1. The van der Waals surface area contributed by atoms with Gasteiger partial charge in [-0.25, -0.2) is 4.98 Å². The number of fused-ring (bicyclic) bond motifs is 4. The Bertz CT molecular complexity index is 2310. The number of methoxy groups -OCH3 is 1. The average molecular weight is 546 g/mol. The summed E-state index contributed by atoms with van der Waals surface area (Å²) < 4.78 is 6.17. The average Bonchev–Trinajstić information content (AvgIpc) is 3.03. The molecule has 0 bridgehead atoms. The van der Waals surface area contributed by atoms with E-state index in [0.29, 0.717) is 29.9 Å². The highest BCUT2D eigenvalue weighted by Gasteiger charge is 2.33. The SMILES string of the molecule is COc1c2ccc3cccc4ccc(c5c(C(=O)NCCN)c6cc7c8c(c6nc15)C=CC1=CC=CC(=CC7)C18)c2c34. The molecule has 5 heteroatoms. The van der Waals surface area contributed by atoms with Crippen molar-refractivity contribution in [1.82, 2.24) is 10.3 Å². The quantitative estimate of drug-likeness (QED) is 0.183. The number of rotatable bonds is 4. The Morgan fingerprint density at radius 1 is 0.952 bits per heavy atom. The Balaban J connectivity index is 1.51. The van der Waals surface area contributed by atoms with Crippen molar-refractivity contribution in [2.45, 2.75) is 12.3 Å². The van der Waals surface area contributed by atoms with Crippen molar-refractivity contribution in [3.63, 3.8) is 0 Å². The van der Waals surface area contributed by atoms with E-state index in [9.17, 15) is 4.79 Å². The van der Waals surface area contributed by atoms with Crippen LogP contribution in [0.15, 0.2) is 90.1 Å². The summed E-state index contributed by atoms with van der Waals surface area (Å²) in [6.45, 7) is 0.750. The lowest BCUT2D eigenvalue weighted by Gasteiger charge is -2.34. The number of allylic oxidation sites excluding steroid dienone is 7. The van der Waals surface area contributed by atoms with Gasteiger partial charge >= 0.3 is 0 Å². The summed E-state index contributed by atoms with van der Waals surface area (Å²) in [6, 6.07) is 17.1. The van der Waals surface area contributed by atoms with Crippen LogP contribution in [0.25, 0.3) is 60.2 Å². The first-order chi connectivity index (χ1) is 20.7. The van der Waals surface area contributed by atoms with E-state index in [1.165, 1.54) is 27.7 Å². The third kappa shape index (κ3) is 2.96. The minimum atomic E-state index is -0.143. The van der Waals surface area contributed by atoms with Gasteiger partial charge in [-0.3, -0.25) is 4.79 Å². The molecule has 1 unspecified atom stereocenters. The van der Waals surface area contributed by atoms with Crippen LogP contribution in [0.3, 0.4) is 0 Å². The number of ether oxygens (including phenoxy) is 1. The highest BCUT2D eigenvalue weighted by atomic mass is 16.5. The van der Waals surface area contributed by atoms with E-state index in [2.05, 4.69) is 90.3 Å². The van der Waals surface area contributed by atoms with E-state index in [1.807, 2.05) is 0 Å². The zero-order chi connectivity index (χ0) is 28.1. The number of aromatic nitrogens is 1. The van der Waals surface area contributed by atoms with Gasteiger partial charge in [-0.05, 0) is 62.4 Å². The number of benzene rings is 5. The predicted octanol–water partition coefficient (Wildman–Crippen LogP) is 7.07. The third-order valence-electron chi connectivity index (χ3n) is 9.34. The zero-order valence-electron chi connectivity index (χ0n) is 23.1. The van der Waals surface area contributed by atoms with Gasteiger partial charge in [-0.15, -0.1) is 0 Å². The van der Waals surface area contributed by atoms with E-state index >= 15 is 0 Å². The predicted molar refractivity (Wildman–Crippen MR) is 172 cm³/mol. The molecule has 0 spiro atoms. The first-order valence-electron chi connectivity index (χ1n) is 14.5. The first-order valence-corrected chi connectivity index (χ1v) is 14.5. The Morgan fingerprint density at radius 3 is 2.60 bits per heavy atom. The van der Waals surface area contributed by atoms with Crippen molar-refractivity contribution in [3.8, 4) is 5.75 Å². The summed E-state index contributed by atoms with van der Waals surface area (Å²) in [4.78, 5) is 19.6. The second-order valence-corrected chi connectivity index (χ2v) is 11.4. The number of nitrogens with zero attached hydrogens (tertiary/aromatic N) is 1. The fourth-order valence-corrected chi connectivity index (χ4v) is 7.66. The summed E-state index contributed by atoms with van der Waals surface area (Å²) in [5, 5.41) is 11.4. The maximum absolute atomic E-state index is 14.2. The molecule has 0 aliphatic heterocycles. The molecule has 5 aromatic carbocycles. The molecule has 202 valence electrons. The highest BCUT2D eigenvalue weighted by Crippen LogP contribution is 2.50. The molecule has 5 nitrogen and oxygen atoms in total. The molecule has 1 amide bonds. The maximum Gasteiger partial charge on any atom is 0.252 e. The Morgan fingerprint density at radius 2 is 1.79 bits per heavy atom. The van der Waals surface area contributed by atoms with E-state index in [4.69, 9.17) is 15.5 Å². The summed E-state index contributed by atoms with van der Waals surface area (Å²) in [6.07, 6.45) is 14.1. The van der Waals surface area contributed by atoms with Gasteiger partial charge in [0, 0.05) is 46.1 Å². The summed E-state index contributed by atoms with van der Waals surface area (Å²) in [7, 11) is 1.70. The molecule has 1 heterocycles. The molecule has 1 aromatic heterocycles. The van der Waals surface area contributed by atoms with Crippen LogP contribution in [0.1, 0.15) is 33.0 Å². The van der Waals surface area contributed by atoms with Crippen molar-refractivity contribution >= 4 is 66.1 Å². The number of hydrogen-bond acceptors (Lipinski definition) is 4. The van der Waals surface area contributed by atoms with Gasteiger partial charge in [0.2, 0.25) is 0 Å². The molecule has 3 N–H and O–H groups in total. The lowest BCUT2D eigenvalue weighted by Crippen LogP contribution is -2.29. The maximum atomic E-state index is 14.2. The Hall–Kier alpha value is -5.00. The normalized spacial score (nSPS) is 16.9. The summed E-state index contributed by atoms with van der Waals surface area (Å²) >= 11 is 0.